The highest BCUT2D eigenvalue weighted by molar-refractivity contribution is 6.32. The highest BCUT2D eigenvalue weighted by Crippen LogP contribution is 2.19. The van der Waals surface area contributed by atoms with Gasteiger partial charge < -0.3 is 14.4 Å². The molecule has 21 heavy (non-hydrogen) atoms. The average Bonchev–Trinajstić information content (AvgIpc) is 2.37. The number of ether oxygens (including phenoxy) is 2. The second kappa shape index (κ2) is 6.42. The highest BCUT2D eigenvalue weighted by atomic mass is 16.6. The van der Waals surface area contributed by atoms with E-state index >= 15 is 0 Å². The number of piperidine rings is 1. The van der Waals surface area contributed by atoms with E-state index in [1.54, 1.807) is 4.90 Å². The zero-order valence-corrected chi connectivity index (χ0v) is 13.4. The van der Waals surface area contributed by atoms with Gasteiger partial charge in [0.25, 0.3) is 0 Å². The van der Waals surface area contributed by atoms with Crippen molar-refractivity contribution >= 4 is 19.4 Å². The average molecular weight is 289 g/mol. The van der Waals surface area contributed by atoms with Crippen LogP contribution in [0.3, 0.4) is 0 Å². The van der Waals surface area contributed by atoms with E-state index in [2.05, 4.69) is 13.9 Å². The van der Waals surface area contributed by atoms with Gasteiger partial charge in [-0.25, -0.2) is 4.79 Å². The predicted molar refractivity (Wildman–Crippen MR) is 86.1 cm³/mol. The third kappa shape index (κ3) is 4.99. The maximum Gasteiger partial charge on any atom is 0.410 e. The number of nitrogens with zero attached hydrogens (tertiary/aromatic N) is 1. The van der Waals surface area contributed by atoms with Gasteiger partial charge in [-0.2, -0.15) is 0 Å². The molecule has 0 radical (unpaired) electrons. The molecular weight excluding hydrogens is 265 g/mol. The molecule has 1 fully saturated rings. The van der Waals surface area contributed by atoms with Crippen molar-refractivity contribution in [2.45, 2.75) is 45.3 Å². The van der Waals surface area contributed by atoms with Gasteiger partial charge in [-0.05, 0) is 32.9 Å². The molecular formula is C16H24BNO3. The summed E-state index contributed by atoms with van der Waals surface area (Å²) in [5, 5.41) is 0. The lowest BCUT2D eigenvalue weighted by Crippen LogP contribution is -2.44. The molecule has 1 saturated heterocycles. The summed E-state index contributed by atoms with van der Waals surface area (Å²) in [6.07, 6.45) is 1.63. The van der Waals surface area contributed by atoms with Crippen molar-refractivity contribution in [1.29, 1.82) is 0 Å². The van der Waals surface area contributed by atoms with Crippen LogP contribution in [0.4, 0.5) is 4.79 Å². The van der Waals surface area contributed by atoms with Crippen molar-refractivity contribution < 1.29 is 14.3 Å². The monoisotopic (exact) mass is 289 g/mol. The van der Waals surface area contributed by atoms with Crippen LogP contribution in [-0.4, -0.2) is 43.6 Å². The standard InChI is InChI=1S/C16H24BNO3/c1-16(2,3)21-15(19)18-9-7-13(8-10-18)20-14-6-4-5-12(17)11-14/h4-6,11,13H,7-10,17H2,1-3H3. The second-order valence-corrected chi connectivity index (χ2v) is 6.60. The Balaban J connectivity index is 1.82. The quantitative estimate of drug-likeness (QED) is 0.778. The molecule has 2 rings (SSSR count). The van der Waals surface area contributed by atoms with Crippen LogP contribution in [-0.2, 0) is 4.74 Å². The fraction of sp³-hybridized carbons (Fsp3) is 0.562. The van der Waals surface area contributed by atoms with E-state index in [1.165, 1.54) is 5.46 Å². The molecule has 1 heterocycles. The Labute approximate surface area is 127 Å². The van der Waals surface area contributed by atoms with Crippen molar-refractivity contribution in [1.82, 2.24) is 4.90 Å². The number of hydrogen-bond acceptors (Lipinski definition) is 3. The number of rotatable bonds is 2. The molecule has 1 aromatic rings. The Hall–Kier alpha value is -1.65. The highest BCUT2D eigenvalue weighted by Gasteiger charge is 2.27. The summed E-state index contributed by atoms with van der Waals surface area (Å²) in [5.41, 5.74) is 0.755. The molecule has 0 aromatic heterocycles. The van der Waals surface area contributed by atoms with Crippen LogP contribution in [0.25, 0.3) is 0 Å². The van der Waals surface area contributed by atoms with Crippen LogP contribution in [0.1, 0.15) is 33.6 Å². The van der Waals surface area contributed by atoms with Crippen molar-refractivity contribution in [3.05, 3.63) is 24.3 Å². The first-order valence-corrected chi connectivity index (χ1v) is 7.55. The lowest BCUT2D eigenvalue weighted by molar-refractivity contribution is 0.0127. The van der Waals surface area contributed by atoms with Gasteiger partial charge in [0, 0.05) is 25.9 Å². The second-order valence-electron chi connectivity index (χ2n) is 6.60. The smallest absolute Gasteiger partial charge is 0.410 e. The molecule has 1 amide bonds. The zero-order chi connectivity index (χ0) is 15.5. The molecule has 1 aliphatic rings. The van der Waals surface area contributed by atoms with Crippen molar-refractivity contribution in [2.75, 3.05) is 13.1 Å². The Kier molecular flexibility index (Phi) is 4.81. The number of carbonyl (C=O) groups is 1. The summed E-state index contributed by atoms with van der Waals surface area (Å²) < 4.78 is 11.4. The summed E-state index contributed by atoms with van der Waals surface area (Å²) in [5.74, 6) is 0.908. The SMILES string of the molecule is Bc1cccc(OC2CCN(C(=O)OC(C)(C)C)CC2)c1. The van der Waals surface area contributed by atoms with E-state index < -0.39 is 5.60 Å². The van der Waals surface area contributed by atoms with Crippen LogP contribution >= 0.6 is 0 Å². The van der Waals surface area contributed by atoms with Crippen molar-refractivity contribution in [3.8, 4) is 5.75 Å². The largest absolute Gasteiger partial charge is 0.490 e. The van der Waals surface area contributed by atoms with Crippen LogP contribution in [0, 0.1) is 0 Å². The Bertz CT molecular complexity index is 491. The van der Waals surface area contributed by atoms with Gasteiger partial charge in [0.15, 0.2) is 0 Å². The number of carbonyl (C=O) groups excluding carboxylic acids is 1. The molecule has 114 valence electrons. The van der Waals surface area contributed by atoms with E-state index in [9.17, 15) is 4.79 Å². The summed E-state index contributed by atoms with van der Waals surface area (Å²) in [6, 6.07) is 8.08. The van der Waals surface area contributed by atoms with Gasteiger partial charge >= 0.3 is 6.09 Å². The first-order valence-electron chi connectivity index (χ1n) is 7.55. The zero-order valence-electron chi connectivity index (χ0n) is 13.4. The topological polar surface area (TPSA) is 38.8 Å². The van der Waals surface area contributed by atoms with E-state index in [1.807, 2.05) is 39.0 Å². The van der Waals surface area contributed by atoms with Crippen LogP contribution in [0.2, 0.25) is 0 Å². The molecule has 0 bridgehead atoms. The number of hydrogen-bond donors (Lipinski definition) is 0. The van der Waals surface area contributed by atoms with Gasteiger partial charge in [0.2, 0.25) is 0 Å². The third-order valence-electron chi connectivity index (χ3n) is 3.39. The molecule has 0 atom stereocenters. The molecule has 0 N–H and O–H groups in total. The predicted octanol–water partition coefficient (Wildman–Crippen LogP) is 1.72. The van der Waals surface area contributed by atoms with Crippen LogP contribution in [0.5, 0.6) is 5.75 Å². The lowest BCUT2D eigenvalue weighted by atomic mass is 9.96. The maximum atomic E-state index is 12.0. The fourth-order valence-corrected chi connectivity index (χ4v) is 2.36. The molecule has 0 spiro atoms. The molecule has 4 nitrogen and oxygen atoms in total. The summed E-state index contributed by atoms with van der Waals surface area (Å²) in [7, 11) is 2.05. The fourth-order valence-electron chi connectivity index (χ4n) is 2.36. The summed E-state index contributed by atoms with van der Waals surface area (Å²) >= 11 is 0. The first-order chi connectivity index (χ1) is 9.83. The summed E-state index contributed by atoms with van der Waals surface area (Å²) in [6.45, 7) is 7.03. The molecule has 5 heteroatoms. The minimum atomic E-state index is -0.438. The van der Waals surface area contributed by atoms with E-state index in [4.69, 9.17) is 9.47 Å². The minimum absolute atomic E-state index is 0.172. The van der Waals surface area contributed by atoms with Gasteiger partial charge in [0.1, 0.15) is 25.3 Å². The molecule has 0 saturated carbocycles. The molecule has 1 aromatic carbocycles. The van der Waals surface area contributed by atoms with E-state index in [-0.39, 0.29) is 12.2 Å². The number of likely N-dealkylation sites (tertiary alicyclic amines) is 1. The first kappa shape index (κ1) is 15.7. The van der Waals surface area contributed by atoms with E-state index in [0.29, 0.717) is 13.1 Å². The molecule has 0 aliphatic carbocycles. The molecule has 1 aliphatic heterocycles. The van der Waals surface area contributed by atoms with Gasteiger partial charge in [0.05, 0.1) is 0 Å². The lowest BCUT2D eigenvalue weighted by Gasteiger charge is -2.33. The molecule has 0 unspecified atom stereocenters. The number of benzene rings is 1. The Morgan fingerprint density at radius 2 is 1.95 bits per heavy atom. The van der Waals surface area contributed by atoms with Gasteiger partial charge in [-0.3, -0.25) is 0 Å². The van der Waals surface area contributed by atoms with Gasteiger partial charge in [-0.1, -0.05) is 17.6 Å². The van der Waals surface area contributed by atoms with Crippen LogP contribution in [0.15, 0.2) is 24.3 Å². The number of amides is 1. The van der Waals surface area contributed by atoms with Gasteiger partial charge in [-0.15, -0.1) is 0 Å². The van der Waals surface area contributed by atoms with Crippen LogP contribution < -0.4 is 10.2 Å². The Morgan fingerprint density at radius 3 is 2.52 bits per heavy atom. The van der Waals surface area contributed by atoms with Crippen molar-refractivity contribution in [3.63, 3.8) is 0 Å². The normalized spacial score (nSPS) is 16.6. The third-order valence-corrected chi connectivity index (χ3v) is 3.39. The van der Waals surface area contributed by atoms with E-state index in [0.717, 1.165) is 18.6 Å². The Morgan fingerprint density at radius 1 is 1.29 bits per heavy atom. The van der Waals surface area contributed by atoms with Crippen molar-refractivity contribution in [2.24, 2.45) is 0 Å². The minimum Gasteiger partial charge on any atom is -0.490 e. The maximum absolute atomic E-state index is 12.0. The summed E-state index contributed by atoms with van der Waals surface area (Å²) in [4.78, 5) is 13.8.